The molecule has 0 bridgehead atoms. The first-order chi connectivity index (χ1) is 15.0. The first kappa shape index (κ1) is 20.7. The summed E-state index contributed by atoms with van der Waals surface area (Å²) in [7, 11) is -1.78. The highest BCUT2D eigenvalue weighted by Crippen LogP contribution is 2.29. The molecule has 0 aliphatic heterocycles. The van der Waals surface area contributed by atoms with Crippen LogP contribution in [0.4, 0.5) is 11.5 Å². The molecule has 7 heteroatoms. The summed E-state index contributed by atoms with van der Waals surface area (Å²) in [5.41, 5.74) is 3.65. The fraction of sp³-hybridized carbons (Fsp3) is 0.0833. The summed E-state index contributed by atoms with van der Waals surface area (Å²) in [6, 6.07) is 18.4. The number of benzene rings is 2. The topological polar surface area (TPSA) is 81.2 Å². The molecule has 31 heavy (non-hydrogen) atoms. The van der Waals surface area contributed by atoms with Gasteiger partial charge in [0.25, 0.3) is 0 Å². The Balaban J connectivity index is 1.69. The Bertz CT molecular complexity index is 1350. The van der Waals surface area contributed by atoms with E-state index in [-0.39, 0.29) is 4.90 Å². The molecule has 4 rings (SSSR count). The third-order valence-corrected chi connectivity index (χ3v) is 6.20. The number of pyridine rings is 2. The Morgan fingerprint density at radius 2 is 1.87 bits per heavy atom. The van der Waals surface area contributed by atoms with Gasteiger partial charge < -0.3 is 10.1 Å². The average molecular weight is 432 g/mol. The molecule has 156 valence electrons. The van der Waals surface area contributed by atoms with Crippen LogP contribution in [-0.4, -0.2) is 25.5 Å². The van der Waals surface area contributed by atoms with Crippen LogP contribution in [0.2, 0.25) is 0 Å². The minimum Gasteiger partial charge on any atom is -0.380 e. The Hall–Kier alpha value is -3.55. The van der Waals surface area contributed by atoms with E-state index in [2.05, 4.69) is 27.9 Å². The maximum atomic E-state index is 11.9. The number of nitrogens with zero attached hydrogens (tertiary/aromatic N) is 2. The summed E-state index contributed by atoms with van der Waals surface area (Å²) in [5.74, 6) is 0.633. The van der Waals surface area contributed by atoms with Gasteiger partial charge in [0.15, 0.2) is 9.84 Å². The molecule has 6 nitrogen and oxygen atoms in total. The van der Waals surface area contributed by atoms with Gasteiger partial charge in [-0.3, -0.25) is 4.98 Å². The maximum Gasteiger partial charge on any atom is 0.199 e. The highest BCUT2D eigenvalue weighted by atomic mass is 32.2. The number of aromatic nitrogens is 2. The normalized spacial score (nSPS) is 11.4. The predicted molar refractivity (Wildman–Crippen MR) is 123 cm³/mol. The van der Waals surface area contributed by atoms with E-state index >= 15 is 0 Å². The monoisotopic (exact) mass is 431 g/mol. The lowest BCUT2D eigenvalue weighted by Crippen LogP contribution is -1.98. The van der Waals surface area contributed by atoms with Crippen molar-refractivity contribution in [2.75, 3.05) is 12.4 Å². The molecule has 0 fully saturated rings. The third-order valence-electron chi connectivity index (χ3n) is 4.83. The van der Waals surface area contributed by atoms with Crippen molar-refractivity contribution in [3.63, 3.8) is 0 Å². The standard InChI is InChI=1S/C24H21N3O3S/c1-3-31(28,29)21-9-7-20(8-10-21)27-23-14-22-19(15-26-23)11-12-25-24(22)18-6-4-5-17(13-18)16-30-2/h3-15H,1,16H2,2H3,(H,26,27). The fourth-order valence-corrected chi connectivity index (χ4v) is 4.02. The molecule has 0 aliphatic carbocycles. The summed E-state index contributed by atoms with van der Waals surface area (Å²) in [6.07, 6.45) is 3.56. The molecule has 0 amide bonds. The van der Waals surface area contributed by atoms with Crippen LogP contribution in [0.3, 0.4) is 0 Å². The van der Waals surface area contributed by atoms with E-state index in [0.29, 0.717) is 12.4 Å². The Labute approximate surface area is 181 Å². The lowest BCUT2D eigenvalue weighted by molar-refractivity contribution is 0.185. The van der Waals surface area contributed by atoms with Crippen LogP contribution >= 0.6 is 0 Å². The van der Waals surface area contributed by atoms with Crippen molar-refractivity contribution in [1.29, 1.82) is 0 Å². The molecule has 2 aromatic heterocycles. The molecule has 2 aromatic carbocycles. The van der Waals surface area contributed by atoms with Crippen molar-refractivity contribution in [2.24, 2.45) is 0 Å². The highest BCUT2D eigenvalue weighted by molar-refractivity contribution is 7.94. The highest BCUT2D eigenvalue weighted by Gasteiger charge is 2.10. The van der Waals surface area contributed by atoms with Crippen LogP contribution in [0.25, 0.3) is 22.0 Å². The van der Waals surface area contributed by atoms with E-state index in [4.69, 9.17) is 4.74 Å². The van der Waals surface area contributed by atoms with Gasteiger partial charge in [-0.05, 0) is 48.0 Å². The van der Waals surface area contributed by atoms with Gasteiger partial charge in [0, 0.05) is 46.9 Å². The number of anilines is 2. The minimum atomic E-state index is -3.46. The van der Waals surface area contributed by atoms with Crippen molar-refractivity contribution in [1.82, 2.24) is 9.97 Å². The van der Waals surface area contributed by atoms with Gasteiger partial charge in [-0.25, -0.2) is 13.4 Å². The molecular weight excluding hydrogens is 410 g/mol. The molecule has 0 saturated carbocycles. The van der Waals surface area contributed by atoms with Gasteiger partial charge in [0.2, 0.25) is 0 Å². The third kappa shape index (κ3) is 4.47. The van der Waals surface area contributed by atoms with E-state index in [9.17, 15) is 8.42 Å². The zero-order chi connectivity index (χ0) is 21.8. The lowest BCUT2D eigenvalue weighted by atomic mass is 10.0. The molecule has 0 unspecified atom stereocenters. The summed E-state index contributed by atoms with van der Waals surface area (Å²) in [4.78, 5) is 9.28. The van der Waals surface area contributed by atoms with E-state index in [1.165, 1.54) is 12.1 Å². The first-order valence-corrected chi connectivity index (χ1v) is 11.1. The van der Waals surface area contributed by atoms with E-state index < -0.39 is 9.84 Å². The fourth-order valence-electron chi connectivity index (χ4n) is 3.31. The maximum absolute atomic E-state index is 11.9. The number of hydrogen-bond donors (Lipinski definition) is 1. The minimum absolute atomic E-state index is 0.196. The van der Waals surface area contributed by atoms with Crippen LogP contribution in [0.5, 0.6) is 0 Å². The quantitative estimate of drug-likeness (QED) is 0.438. The number of methoxy groups -OCH3 is 1. The zero-order valence-electron chi connectivity index (χ0n) is 16.9. The molecule has 0 atom stereocenters. The largest absolute Gasteiger partial charge is 0.380 e. The molecule has 1 N–H and O–H groups in total. The van der Waals surface area contributed by atoms with Crippen LogP contribution < -0.4 is 5.32 Å². The summed E-state index contributed by atoms with van der Waals surface area (Å²) in [5, 5.41) is 6.10. The van der Waals surface area contributed by atoms with Gasteiger partial charge in [0.1, 0.15) is 5.82 Å². The average Bonchev–Trinajstić information content (AvgIpc) is 2.79. The van der Waals surface area contributed by atoms with Gasteiger partial charge in [-0.15, -0.1) is 0 Å². The van der Waals surface area contributed by atoms with Crippen molar-refractivity contribution in [3.8, 4) is 11.3 Å². The van der Waals surface area contributed by atoms with Crippen LogP contribution in [-0.2, 0) is 21.2 Å². The predicted octanol–water partition coefficient (Wildman–Crippen LogP) is 5.10. The molecule has 2 heterocycles. The first-order valence-electron chi connectivity index (χ1n) is 9.58. The number of sulfone groups is 1. The molecule has 0 saturated heterocycles. The number of ether oxygens (including phenoxy) is 1. The zero-order valence-corrected chi connectivity index (χ0v) is 17.8. The second-order valence-electron chi connectivity index (χ2n) is 6.94. The molecule has 4 aromatic rings. The smallest absolute Gasteiger partial charge is 0.199 e. The molecular formula is C24H21N3O3S. The van der Waals surface area contributed by atoms with Gasteiger partial charge >= 0.3 is 0 Å². The van der Waals surface area contributed by atoms with Crippen molar-refractivity contribution in [3.05, 3.63) is 90.6 Å². The van der Waals surface area contributed by atoms with Crippen LogP contribution in [0.15, 0.2) is 89.9 Å². The number of fused-ring (bicyclic) bond motifs is 1. The SMILES string of the molecule is C=CS(=O)(=O)c1ccc(Nc2cc3c(-c4cccc(COC)c4)nccc3cn2)cc1. The van der Waals surface area contributed by atoms with E-state index in [0.717, 1.165) is 38.7 Å². The number of hydrogen-bond acceptors (Lipinski definition) is 6. The van der Waals surface area contributed by atoms with E-state index in [1.54, 1.807) is 31.6 Å². The van der Waals surface area contributed by atoms with Gasteiger partial charge in [-0.1, -0.05) is 24.8 Å². The Morgan fingerprint density at radius 1 is 1.06 bits per heavy atom. The molecule has 0 radical (unpaired) electrons. The lowest BCUT2D eigenvalue weighted by Gasteiger charge is -2.11. The van der Waals surface area contributed by atoms with Crippen molar-refractivity contribution >= 4 is 32.1 Å². The van der Waals surface area contributed by atoms with Crippen molar-refractivity contribution in [2.45, 2.75) is 11.5 Å². The van der Waals surface area contributed by atoms with Crippen LogP contribution in [0.1, 0.15) is 5.56 Å². The second kappa shape index (κ2) is 8.67. The van der Waals surface area contributed by atoms with Gasteiger partial charge in [0.05, 0.1) is 17.2 Å². The van der Waals surface area contributed by atoms with Crippen LogP contribution in [0, 0.1) is 0 Å². The molecule has 0 aliphatic rings. The second-order valence-corrected chi connectivity index (χ2v) is 8.84. The van der Waals surface area contributed by atoms with Crippen molar-refractivity contribution < 1.29 is 13.2 Å². The summed E-state index contributed by atoms with van der Waals surface area (Å²) < 4.78 is 29.0. The van der Waals surface area contributed by atoms with Gasteiger partial charge in [-0.2, -0.15) is 0 Å². The number of rotatable bonds is 7. The Morgan fingerprint density at radius 3 is 2.61 bits per heavy atom. The summed E-state index contributed by atoms with van der Waals surface area (Å²) in [6.45, 7) is 3.88. The number of nitrogens with one attached hydrogen (secondary N) is 1. The van der Waals surface area contributed by atoms with E-state index in [1.807, 2.05) is 30.3 Å². The Kier molecular flexibility index (Phi) is 5.79. The molecule has 0 spiro atoms. The summed E-state index contributed by atoms with van der Waals surface area (Å²) >= 11 is 0.